The van der Waals surface area contributed by atoms with Gasteiger partial charge in [-0.2, -0.15) is 0 Å². The van der Waals surface area contributed by atoms with Gasteiger partial charge in [-0.05, 0) is 54.5 Å². The third-order valence-electron chi connectivity index (χ3n) is 4.66. The van der Waals surface area contributed by atoms with Crippen LogP contribution in [0, 0.1) is 0 Å². The molecule has 2 aromatic carbocycles. The van der Waals surface area contributed by atoms with Crippen molar-refractivity contribution >= 4 is 23.6 Å². The van der Waals surface area contributed by atoms with E-state index in [1.54, 1.807) is 37.3 Å². The summed E-state index contributed by atoms with van der Waals surface area (Å²) in [6.07, 6.45) is 5.36. The quantitative estimate of drug-likeness (QED) is 0.615. The van der Waals surface area contributed by atoms with Gasteiger partial charge in [0.25, 0.3) is 0 Å². The van der Waals surface area contributed by atoms with Crippen molar-refractivity contribution in [3.63, 3.8) is 0 Å². The number of halogens is 1. The normalized spacial score (nSPS) is 12.8. The Kier molecular flexibility index (Phi) is 6.83. The van der Waals surface area contributed by atoms with Crippen LogP contribution in [-0.2, 0) is 11.3 Å². The first-order valence-corrected chi connectivity index (χ1v) is 9.72. The van der Waals surface area contributed by atoms with Crippen LogP contribution >= 0.6 is 11.6 Å². The smallest absolute Gasteiger partial charge is 0.246 e. The van der Waals surface area contributed by atoms with Gasteiger partial charge in [0.2, 0.25) is 5.91 Å². The standard InChI is InChI=1S/C23H24ClNO4/c1-4-25(14-16-5-8-21(27-2)22(12-16)28-3)23(26)10-6-17-11-18-13-19(24)7-9-20(18)29-15-17/h5-13H,4,14-15H2,1-3H3/b10-6+. The van der Waals surface area contributed by atoms with Crippen molar-refractivity contribution in [3.05, 3.63) is 70.3 Å². The summed E-state index contributed by atoms with van der Waals surface area (Å²) in [7, 11) is 3.19. The fourth-order valence-corrected chi connectivity index (χ4v) is 3.27. The maximum atomic E-state index is 12.7. The van der Waals surface area contributed by atoms with Crippen LogP contribution in [0.15, 0.2) is 54.1 Å². The number of benzene rings is 2. The molecule has 1 heterocycles. The molecule has 3 rings (SSSR count). The number of methoxy groups -OCH3 is 2. The second-order valence-corrected chi connectivity index (χ2v) is 7.00. The van der Waals surface area contributed by atoms with Crippen molar-refractivity contribution in [3.8, 4) is 17.2 Å². The largest absolute Gasteiger partial charge is 0.493 e. The first-order valence-electron chi connectivity index (χ1n) is 9.35. The Hall–Kier alpha value is -2.92. The molecule has 6 heteroatoms. The van der Waals surface area contributed by atoms with Gasteiger partial charge in [-0.25, -0.2) is 0 Å². The first kappa shape index (κ1) is 20.8. The number of hydrogen-bond acceptors (Lipinski definition) is 4. The maximum Gasteiger partial charge on any atom is 0.246 e. The van der Waals surface area contributed by atoms with E-state index in [1.165, 1.54) is 0 Å². The van der Waals surface area contributed by atoms with E-state index in [1.807, 2.05) is 43.3 Å². The Bertz CT molecular complexity index is 952. The molecule has 29 heavy (non-hydrogen) atoms. The predicted molar refractivity (Wildman–Crippen MR) is 115 cm³/mol. The Morgan fingerprint density at radius 3 is 2.69 bits per heavy atom. The predicted octanol–water partition coefficient (Wildman–Crippen LogP) is 4.74. The summed E-state index contributed by atoms with van der Waals surface area (Å²) in [4.78, 5) is 14.4. The molecule has 0 bridgehead atoms. The molecule has 0 atom stereocenters. The van der Waals surface area contributed by atoms with Gasteiger partial charge in [0.05, 0.1) is 14.2 Å². The molecule has 0 fully saturated rings. The monoisotopic (exact) mass is 413 g/mol. The topological polar surface area (TPSA) is 48.0 Å². The van der Waals surface area contributed by atoms with Crippen molar-refractivity contribution in [2.75, 3.05) is 27.4 Å². The van der Waals surface area contributed by atoms with E-state index in [0.29, 0.717) is 36.2 Å². The zero-order valence-corrected chi connectivity index (χ0v) is 17.5. The van der Waals surface area contributed by atoms with Crippen LogP contribution in [0.2, 0.25) is 5.02 Å². The Labute approximate surface area is 176 Å². The molecule has 0 saturated carbocycles. The van der Waals surface area contributed by atoms with Crippen LogP contribution in [0.1, 0.15) is 18.1 Å². The average molecular weight is 414 g/mol. The van der Waals surface area contributed by atoms with Gasteiger partial charge in [-0.15, -0.1) is 0 Å². The van der Waals surface area contributed by atoms with Crippen molar-refractivity contribution in [2.24, 2.45) is 0 Å². The lowest BCUT2D eigenvalue weighted by atomic mass is 10.1. The lowest BCUT2D eigenvalue weighted by molar-refractivity contribution is -0.126. The molecule has 0 aromatic heterocycles. The number of rotatable bonds is 7. The van der Waals surface area contributed by atoms with Gasteiger partial charge in [0.15, 0.2) is 11.5 Å². The van der Waals surface area contributed by atoms with Crippen LogP contribution in [0.5, 0.6) is 17.2 Å². The minimum absolute atomic E-state index is 0.0694. The zero-order chi connectivity index (χ0) is 20.8. The van der Waals surface area contributed by atoms with Crippen molar-refractivity contribution < 1.29 is 19.0 Å². The van der Waals surface area contributed by atoms with E-state index in [4.69, 9.17) is 25.8 Å². The molecular weight excluding hydrogens is 390 g/mol. The van der Waals surface area contributed by atoms with E-state index in [2.05, 4.69) is 0 Å². The number of carbonyl (C=O) groups excluding carboxylic acids is 1. The number of likely N-dealkylation sites (N-methyl/N-ethyl adjacent to an activating group) is 1. The van der Waals surface area contributed by atoms with E-state index in [9.17, 15) is 4.79 Å². The molecule has 1 amide bonds. The van der Waals surface area contributed by atoms with Crippen LogP contribution in [0.3, 0.4) is 0 Å². The summed E-state index contributed by atoms with van der Waals surface area (Å²) in [5, 5.41) is 0.650. The van der Waals surface area contributed by atoms with Gasteiger partial charge < -0.3 is 19.1 Å². The number of hydrogen-bond donors (Lipinski definition) is 0. The molecule has 0 unspecified atom stereocenters. The summed E-state index contributed by atoms with van der Waals surface area (Å²) in [6.45, 7) is 3.44. The third kappa shape index (κ3) is 5.12. The highest BCUT2D eigenvalue weighted by Gasteiger charge is 2.13. The van der Waals surface area contributed by atoms with Crippen LogP contribution < -0.4 is 14.2 Å². The molecule has 0 saturated heterocycles. The van der Waals surface area contributed by atoms with Crippen LogP contribution in [0.25, 0.3) is 6.08 Å². The van der Waals surface area contributed by atoms with Crippen LogP contribution in [-0.4, -0.2) is 38.2 Å². The van der Waals surface area contributed by atoms with E-state index < -0.39 is 0 Å². The minimum atomic E-state index is -0.0694. The number of amides is 1. The highest BCUT2D eigenvalue weighted by atomic mass is 35.5. The summed E-state index contributed by atoms with van der Waals surface area (Å²) < 4.78 is 16.3. The summed E-state index contributed by atoms with van der Waals surface area (Å²) in [5.74, 6) is 2.03. The molecule has 0 aliphatic carbocycles. The summed E-state index contributed by atoms with van der Waals surface area (Å²) >= 11 is 6.05. The number of nitrogens with zero attached hydrogens (tertiary/aromatic N) is 1. The molecular formula is C23H24ClNO4. The van der Waals surface area contributed by atoms with Crippen molar-refractivity contribution in [1.29, 1.82) is 0 Å². The summed E-state index contributed by atoms with van der Waals surface area (Å²) in [5.41, 5.74) is 2.79. The number of ether oxygens (including phenoxy) is 3. The van der Waals surface area contributed by atoms with E-state index >= 15 is 0 Å². The Morgan fingerprint density at radius 2 is 1.97 bits per heavy atom. The van der Waals surface area contributed by atoms with Gasteiger partial charge in [-0.1, -0.05) is 23.7 Å². The van der Waals surface area contributed by atoms with Gasteiger partial charge in [0.1, 0.15) is 12.4 Å². The number of carbonyl (C=O) groups is 1. The van der Waals surface area contributed by atoms with E-state index in [-0.39, 0.29) is 5.91 Å². The maximum absolute atomic E-state index is 12.7. The molecule has 5 nitrogen and oxygen atoms in total. The number of fused-ring (bicyclic) bond motifs is 1. The average Bonchev–Trinajstić information content (AvgIpc) is 2.75. The Balaban J connectivity index is 1.70. The highest BCUT2D eigenvalue weighted by molar-refractivity contribution is 6.30. The fourth-order valence-electron chi connectivity index (χ4n) is 3.09. The molecule has 0 N–H and O–H groups in total. The highest BCUT2D eigenvalue weighted by Crippen LogP contribution is 2.30. The van der Waals surface area contributed by atoms with Crippen molar-refractivity contribution in [2.45, 2.75) is 13.5 Å². The molecule has 2 aromatic rings. The molecule has 152 valence electrons. The first-order chi connectivity index (χ1) is 14.0. The van der Waals surface area contributed by atoms with Crippen molar-refractivity contribution in [1.82, 2.24) is 4.90 Å². The Morgan fingerprint density at radius 1 is 1.17 bits per heavy atom. The summed E-state index contributed by atoms with van der Waals surface area (Å²) in [6, 6.07) is 11.2. The second kappa shape index (κ2) is 9.52. The minimum Gasteiger partial charge on any atom is -0.493 e. The van der Waals surface area contributed by atoms with Crippen LogP contribution in [0.4, 0.5) is 0 Å². The molecule has 0 spiro atoms. The molecule has 1 aliphatic heterocycles. The zero-order valence-electron chi connectivity index (χ0n) is 16.8. The third-order valence-corrected chi connectivity index (χ3v) is 4.90. The second-order valence-electron chi connectivity index (χ2n) is 6.57. The van der Waals surface area contributed by atoms with Gasteiger partial charge in [-0.3, -0.25) is 4.79 Å². The van der Waals surface area contributed by atoms with Gasteiger partial charge in [0, 0.05) is 29.8 Å². The lowest BCUT2D eigenvalue weighted by Gasteiger charge is -2.20. The lowest BCUT2D eigenvalue weighted by Crippen LogP contribution is -2.28. The SMILES string of the molecule is CCN(Cc1ccc(OC)c(OC)c1)C(=O)/C=C/C1=Cc2cc(Cl)ccc2OC1. The fraction of sp³-hybridized carbons (Fsp3) is 0.261. The molecule has 0 radical (unpaired) electrons. The van der Waals surface area contributed by atoms with E-state index in [0.717, 1.165) is 22.4 Å². The molecule has 1 aliphatic rings. The van der Waals surface area contributed by atoms with Gasteiger partial charge >= 0.3 is 0 Å².